The first-order valence-electron chi connectivity index (χ1n) is 7.12. The molecule has 0 aromatic heterocycles. The van der Waals surface area contributed by atoms with Gasteiger partial charge >= 0.3 is 0 Å². The van der Waals surface area contributed by atoms with E-state index in [1.54, 1.807) is 0 Å². The highest BCUT2D eigenvalue weighted by Gasteiger charge is 2.48. The van der Waals surface area contributed by atoms with Crippen molar-refractivity contribution in [3.63, 3.8) is 0 Å². The Morgan fingerprint density at radius 2 is 1.94 bits per heavy atom. The molecule has 0 fully saturated rings. The summed E-state index contributed by atoms with van der Waals surface area (Å²) >= 11 is 0. The third kappa shape index (κ3) is 2.34. The second-order valence-electron chi connectivity index (χ2n) is 7.15. The lowest BCUT2D eigenvalue weighted by molar-refractivity contribution is -0.462. The Hall–Kier alpha value is -0.590. The third-order valence-electron chi connectivity index (χ3n) is 5.02. The van der Waals surface area contributed by atoms with Crippen LogP contribution in [0, 0.1) is 22.7 Å². The van der Waals surface area contributed by atoms with E-state index in [2.05, 4.69) is 51.8 Å². The van der Waals surface area contributed by atoms with Crippen LogP contribution in [0.15, 0.2) is 12.2 Å². The van der Waals surface area contributed by atoms with Crippen molar-refractivity contribution in [2.45, 2.75) is 53.9 Å². The smallest absolute Gasteiger partial charge is 0.154 e. The molecule has 0 saturated carbocycles. The Labute approximate surface area is 106 Å². The lowest BCUT2D eigenvalue weighted by Gasteiger charge is -2.43. The van der Waals surface area contributed by atoms with Gasteiger partial charge in [0, 0.05) is 13.3 Å². The molecule has 0 aromatic rings. The van der Waals surface area contributed by atoms with Crippen molar-refractivity contribution in [2.75, 3.05) is 6.54 Å². The minimum atomic E-state index is 0.383. The summed E-state index contributed by atoms with van der Waals surface area (Å²) in [5.41, 5.74) is 2.38. The molecule has 1 N–H and O–H groups in total. The highest BCUT2D eigenvalue weighted by Crippen LogP contribution is 2.49. The molecular weight excluding hydrogens is 206 g/mol. The Balaban J connectivity index is 2.40. The summed E-state index contributed by atoms with van der Waals surface area (Å²) in [6.45, 7) is 13.1. The molecule has 1 nitrogen and oxygen atoms in total. The van der Waals surface area contributed by atoms with E-state index in [1.165, 1.54) is 25.0 Å². The van der Waals surface area contributed by atoms with Crippen LogP contribution in [0.2, 0.25) is 0 Å². The molecule has 1 aliphatic carbocycles. The predicted octanol–water partition coefficient (Wildman–Crippen LogP) is 2.57. The molecule has 0 saturated heterocycles. The molecule has 1 heterocycles. The van der Waals surface area contributed by atoms with Gasteiger partial charge in [-0.05, 0) is 30.1 Å². The van der Waals surface area contributed by atoms with Gasteiger partial charge in [0.05, 0.1) is 5.41 Å². The number of rotatable bonds is 0. The zero-order chi connectivity index (χ0) is 12.7. The lowest BCUT2D eigenvalue weighted by Crippen LogP contribution is -2.75. The second-order valence-corrected chi connectivity index (χ2v) is 7.15. The molecule has 17 heavy (non-hydrogen) atoms. The van der Waals surface area contributed by atoms with E-state index in [-0.39, 0.29) is 0 Å². The Morgan fingerprint density at radius 1 is 1.24 bits per heavy atom. The fraction of sp³-hybridized carbons (Fsp3) is 0.812. The SMILES string of the molecule is CC1=[NH+]CCC(C)(C)C[C@@]12C[C@@H](C)C=C[C@H]2C. The fourth-order valence-electron chi connectivity index (χ4n) is 3.94. The zero-order valence-electron chi connectivity index (χ0n) is 12.1. The Bertz CT molecular complexity index is 351. The summed E-state index contributed by atoms with van der Waals surface area (Å²) in [6, 6.07) is 0. The molecule has 0 amide bonds. The molecule has 0 radical (unpaired) electrons. The average Bonchev–Trinajstić information content (AvgIpc) is 2.32. The van der Waals surface area contributed by atoms with E-state index in [9.17, 15) is 0 Å². The van der Waals surface area contributed by atoms with E-state index < -0.39 is 0 Å². The molecule has 1 aliphatic heterocycles. The van der Waals surface area contributed by atoms with Crippen LogP contribution in [0.25, 0.3) is 0 Å². The fourth-order valence-corrected chi connectivity index (χ4v) is 3.94. The summed E-state index contributed by atoms with van der Waals surface area (Å²) in [6.07, 6.45) is 8.78. The minimum Gasteiger partial charge on any atom is -0.249 e. The lowest BCUT2D eigenvalue weighted by atomic mass is 9.58. The van der Waals surface area contributed by atoms with Crippen molar-refractivity contribution in [1.29, 1.82) is 0 Å². The molecule has 0 aromatic carbocycles. The summed E-state index contributed by atoms with van der Waals surface area (Å²) < 4.78 is 0. The first-order valence-corrected chi connectivity index (χ1v) is 7.12. The van der Waals surface area contributed by atoms with Crippen molar-refractivity contribution in [2.24, 2.45) is 22.7 Å². The van der Waals surface area contributed by atoms with Gasteiger partial charge in [-0.1, -0.05) is 39.8 Å². The van der Waals surface area contributed by atoms with Gasteiger partial charge in [0.25, 0.3) is 0 Å². The van der Waals surface area contributed by atoms with Crippen molar-refractivity contribution in [3.05, 3.63) is 12.2 Å². The molecule has 0 bridgehead atoms. The molecule has 2 aliphatic rings. The van der Waals surface area contributed by atoms with Crippen LogP contribution in [-0.2, 0) is 0 Å². The first kappa shape index (κ1) is 12.9. The van der Waals surface area contributed by atoms with Gasteiger partial charge in [0.15, 0.2) is 5.71 Å². The normalized spacial score (nSPS) is 41.1. The van der Waals surface area contributed by atoms with Crippen LogP contribution >= 0.6 is 0 Å². The zero-order valence-corrected chi connectivity index (χ0v) is 12.1. The van der Waals surface area contributed by atoms with Crippen molar-refractivity contribution < 1.29 is 4.99 Å². The molecule has 1 spiro atoms. The molecular formula is C16H28N+. The summed E-state index contributed by atoms with van der Waals surface area (Å²) in [7, 11) is 0. The Kier molecular flexibility index (Phi) is 3.22. The highest BCUT2D eigenvalue weighted by atomic mass is 14.8. The molecule has 0 unspecified atom stereocenters. The molecule has 1 heteroatoms. The second kappa shape index (κ2) is 4.26. The predicted molar refractivity (Wildman–Crippen MR) is 74.0 cm³/mol. The average molecular weight is 234 g/mol. The monoisotopic (exact) mass is 234 g/mol. The van der Waals surface area contributed by atoms with Gasteiger partial charge in [-0.3, -0.25) is 0 Å². The van der Waals surface area contributed by atoms with Gasteiger partial charge in [-0.15, -0.1) is 0 Å². The minimum absolute atomic E-state index is 0.383. The maximum absolute atomic E-state index is 3.69. The van der Waals surface area contributed by atoms with Crippen LogP contribution in [0.3, 0.4) is 0 Å². The van der Waals surface area contributed by atoms with Crippen molar-refractivity contribution in [1.82, 2.24) is 0 Å². The number of allylic oxidation sites excluding steroid dienone is 2. The summed E-state index contributed by atoms with van der Waals surface area (Å²) in [5, 5.41) is 0. The first-order chi connectivity index (χ1) is 7.86. The van der Waals surface area contributed by atoms with Crippen molar-refractivity contribution >= 4 is 5.71 Å². The van der Waals surface area contributed by atoms with Crippen LogP contribution in [0.4, 0.5) is 0 Å². The maximum Gasteiger partial charge on any atom is 0.154 e. The van der Waals surface area contributed by atoms with Gasteiger partial charge in [0.1, 0.15) is 6.54 Å². The van der Waals surface area contributed by atoms with E-state index in [4.69, 9.17) is 0 Å². The molecule has 3 atom stereocenters. The quantitative estimate of drug-likeness (QED) is 0.619. The van der Waals surface area contributed by atoms with Gasteiger partial charge in [-0.25, -0.2) is 4.99 Å². The van der Waals surface area contributed by atoms with E-state index in [0.717, 1.165) is 12.5 Å². The summed E-state index contributed by atoms with van der Waals surface area (Å²) in [5.74, 6) is 1.39. The van der Waals surface area contributed by atoms with Crippen LogP contribution < -0.4 is 4.99 Å². The Morgan fingerprint density at radius 3 is 2.65 bits per heavy atom. The van der Waals surface area contributed by atoms with E-state index in [1.807, 2.05) is 0 Å². The van der Waals surface area contributed by atoms with E-state index >= 15 is 0 Å². The van der Waals surface area contributed by atoms with Crippen molar-refractivity contribution in [3.8, 4) is 0 Å². The highest BCUT2D eigenvalue weighted by molar-refractivity contribution is 5.83. The number of hydrogen-bond donors (Lipinski definition) is 1. The van der Waals surface area contributed by atoms with Crippen LogP contribution in [0.1, 0.15) is 53.9 Å². The van der Waals surface area contributed by atoms with Gasteiger partial charge < -0.3 is 0 Å². The topological polar surface area (TPSA) is 14.0 Å². The maximum atomic E-state index is 3.69. The third-order valence-corrected chi connectivity index (χ3v) is 5.02. The standard InChI is InChI=1S/C16H27N/c1-12-6-7-13(2)16(10-12)11-15(4,5)8-9-17-14(16)3/h6-7,12-13H,8-11H2,1-5H3/p+1/t12-,13+,16+/m0/s1. The molecule has 2 rings (SSSR count). The van der Waals surface area contributed by atoms with E-state index in [0.29, 0.717) is 16.7 Å². The van der Waals surface area contributed by atoms with Crippen LogP contribution in [-0.4, -0.2) is 12.3 Å². The summed E-state index contributed by atoms with van der Waals surface area (Å²) in [4.78, 5) is 3.69. The number of hydrogen-bond acceptors (Lipinski definition) is 0. The molecule has 96 valence electrons. The van der Waals surface area contributed by atoms with Gasteiger partial charge in [-0.2, -0.15) is 0 Å². The largest absolute Gasteiger partial charge is 0.249 e. The van der Waals surface area contributed by atoms with Gasteiger partial charge in [0.2, 0.25) is 0 Å². The number of nitrogens with one attached hydrogen (secondary N) is 1. The van der Waals surface area contributed by atoms with Crippen LogP contribution in [0.5, 0.6) is 0 Å².